The van der Waals surface area contributed by atoms with Crippen LogP contribution in [-0.2, 0) is 19.9 Å². The number of esters is 1. The summed E-state index contributed by atoms with van der Waals surface area (Å²) in [5.74, 6) is -3.32. The number of alkyl halides is 3. The van der Waals surface area contributed by atoms with Gasteiger partial charge in [0, 0.05) is 31.4 Å². The van der Waals surface area contributed by atoms with Crippen LogP contribution in [0.3, 0.4) is 0 Å². The van der Waals surface area contributed by atoms with Gasteiger partial charge in [-0.15, -0.1) is 0 Å². The van der Waals surface area contributed by atoms with Gasteiger partial charge in [0.05, 0.1) is 26.2 Å². The molecule has 8 nitrogen and oxygen atoms in total. The molecule has 11 heteroatoms. The summed E-state index contributed by atoms with van der Waals surface area (Å²) in [6.07, 6.45) is -3.50. The lowest BCUT2D eigenvalue weighted by Gasteiger charge is -2.52. The predicted molar refractivity (Wildman–Crippen MR) is 153 cm³/mol. The van der Waals surface area contributed by atoms with E-state index < -0.39 is 23.7 Å². The number of piperidine rings is 3. The first-order valence-corrected chi connectivity index (χ1v) is 14.3. The Bertz CT molecular complexity index is 1370. The number of halogens is 3. The summed E-state index contributed by atoms with van der Waals surface area (Å²) in [4.78, 5) is 37.1. The zero-order valence-corrected chi connectivity index (χ0v) is 24.3. The fourth-order valence-corrected chi connectivity index (χ4v) is 5.92. The molecule has 0 spiro atoms. The first kappa shape index (κ1) is 32.7. The largest absolute Gasteiger partial charge is 0.542 e. The number of carboxylic acids is 1. The Hall–Kier alpha value is -4.22. The highest BCUT2D eigenvalue weighted by molar-refractivity contribution is 5.94. The molecule has 6 rings (SSSR count). The summed E-state index contributed by atoms with van der Waals surface area (Å²) in [5, 5.41) is 20.6. The molecule has 3 aromatic rings. The Balaban J connectivity index is 0.000000566. The molecule has 3 aromatic carbocycles. The molecule has 3 heterocycles. The van der Waals surface area contributed by atoms with Gasteiger partial charge in [-0.05, 0) is 23.3 Å². The van der Waals surface area contributed by atoms with Crippen molar-refractivity contribution >= 4 is 17.8 Å². The Kier molecular flexibility index (Phi) is 10.1. The van der Waals surface area contributed by atoms with Gasteiger partial charge < -0.3 is 29.1 Å². The van der Waals surface area contributed by atoms with Crippen molar-refractivity contribution in [3.05, 3.63) is 108 Å². The summed E-state index contributed by atoms with van der Waals surface area (Å²) >= 11 is 0. The van der Waals surface area contributed by atoms with Gasteiger partial charge >= 0.3 is 12.1 Å². The number of benzene rings is 3. The van der Waals surface area contributed by atoms with Gasteiger partial charge in [0.2, 0.25) is 5.60 Å². The zero-order chi connectivity index (χ0) is 32.0. The van der Waals surface area contributed by atoms with E-state index in [-0.39, 0.29) is 12.0 Å². The molecule has 1 amide bonds. The first-order chi connectivity index (χ1) is 20.9. The maximum absolute atomic E-state index is 13.7. The van der Waals surface area contributed by atoms with Crippen LogP contribution in [0.2, 0.25) is 0 Å². The van der Waals surface area contributed by atoms with Crippen LogP contribution in [0.15, 0.2) is 91.0 Å². The topological polar surface area (TPSA) is 107 Å². The molecule has 0 aliphatic carbocycles. The minimum Gasteiger partial charge on any atom is -0.542 e. The molecule has 0 radical (unpaired) electrons. The third kappa shape index (κ3) is 7.46. The lowest BCUT2D eigenvalue weighted by atomic mass is 9.82. The van der Waals surface area contributed by atoms with Crippen molar-refractivity contribution in [2.24, 2.45) is 5.92 Å². The molecule has 3 fully saturated rings. The average Bonchev–Trinajstić information content (AvgIpc) is 3.04. The smallest absolute Gasteiger partial charge is 0.430 e. The van der Waals surface area contributed by atoms with Gasteiger partial charge in [0.1, 0.15) is 12.5 Å². The van der Waals surface area contributed by atoms with Gasteiger partial charge in [-0.2, -0.15) is 13.2 Å². The summed E-state index contributed by atoms with van der Waals surface area (Å²) in [6, 6.07) is 27.4. The number of likely N-dealkylation sites (N-methyl/N-ethyl adjacent to an activating group) is 1. The number of rotatable bonds is 8. The molecule has 44 heavy (non-hydrogen) atoms. The number of aliphatic carboxylic acids is 1. The lowest BCUT2D eigenvalue weighted by molar-refractivity contribution is -0.945. The van der Waals surface area contributed by atoms with Crippen molar-refractivity contribution in [3.63, 3.8) is 0 Å². The molecule has 0 aromatic heterocycles. The molecule has 1 atom stereocenters. The predicted octanol–water partition coefficient (Wildman–Crippen LogP) is 3.15. The molecule has 1 N–H and O–H groups in total. The summed E-state index contributed by atoms with van der Waals surface area (Å²) in [7, 11) is 1.85. The van der Waals surface area contributed by atoms with E-state index in [2.05, 4.69) is 0 Å². The van der Waals surface area contributed by atoms with E-state index in [1.165, 1.54) is 0 Å². The zero-order valence-electron chi connectivity index (χ0n) is 24.3. The summed E-state index contributed by atoms with van der Waals surface area (Å²) < 4.78 is 38.5. The number of amides is 1. The van der Waals surface area contributed by atoms with E-state index >= 15 is 0 Å². The van der Waals surface area contributed by atoms with Crippen LogP contribution in [-0.4, -0.2) is 84.4 Å². The Morgan fingerprint density at radius 1 is 0.886 bits per heavy atom. The van der Waals surface area contributed by atoms with E-state index in [0.29, 0.717) is 35.7 Å². The number of hydrogen-bond acceptors (Lipinski definition) is 6. The summed E-state index contributed by atoms with van der Waals surface area (Å²) in [6.45, 7) is 4.21. The molecular weight excluding hydrogens is 577 g/mol. The molecular formula is C33H35F3N2O6. The van der Waals surface area contributed by atoms with E-state index in [0.717, 1.165) is 37.0 Å². The van der Waals surface area contributed by atoms with Crippen LogP contribution < -0.4 is 5.11 Å². The molecule has 3 aliphatic heterocycles. The number of carbonyl (C=O) groups is 3. The van der Waals surface area contributed by atoms with E-state index in [9.17, 15) is 27.9 Å². The van der Waals surface area contributed by atoms with Gasteiger partial charge in [-0.3, -0.25) is 4.79 Å². The number of nitrogens with zero attached hydrogens (tertiary/aromatic N) is 2. The van der Waals surface area contributed by atoms with Crippen LogP contribution in [0.4, 0.5) is 13.2 Å². The molecule has 234 valence electrons. The average molecular weight is 613 g/mol. The minimum atomic E-state index is -5.19. The number of fused-ring (bicyclic) bond motifs is 3. The van der Waals surface area contributed by atoms with Crippen molar-refractivity contribution in [1.29, 1.82) is 0 Å². The van der Waals surface area contributed by atoms with Crippen LogP contribution >= 0.6 is 0 Å². The van der Waals surface area contributed by atoms with Crippen molar-refractivity contribution in [2.75, 3.05) is 39.8 Å². The van der Waals surface area contributed by atoms with E-state index in [4.69, 9.17) is 14.6 Å². The highest BCUT2D eigenvalue weighted by atomic mass is 19.4. The first-order valence-electron chi connectivity index (χ1n) is 14.3. The maximum atomic E-state index is 13.7. The third-order valence-electron chi connectivity index (χ3n) is 8.49. The third-order valence-corrected chi connectivity index (χ3v) is 8.49. The quantitative estimate of drug-likeness (QED) is 0.310. The van der Waals surface area contributed by atoms with Crippen molar-refractivity contribution in [3.8, 4) is 0 Å². The van der Waals surface area contributed by atoms with Crippen LogP contribution in [0.5, 0.6) is 0 Å². The number of aliphatic hydroxyl groups is 1. The molecule has 3 aliphatic rings. The number of quaternary nitrogens is 1. The van der Waals surface area contributed by atoms with Crippen molar-refractivity contribution in [1.82, 2.24) is 4.90 Å². The Morgan fingerprint density at radius 2 is 1.34 bits per heavy atom. The normalized spacial score (nSPS) is 21.0. The fraction of sp³-hybridized carbons (Fsp3) is 0.364. The van der Waals surface area contributed by atoms with Crippen LogP contribution in [0.25, 0.3) is 0 Å². The molecule has 0 unspecified atom stereocenters. The van der Waals surface area contributed by atoms with Gasteiger partial charge in [-0.1, -0.05) is 78.9 Å². The molecule has 0 saturated carbocycles. The maximum Gasteiger partial charge on any atom is 0.430 e. The van der Waals surface area contributed by atoms with Crippen LogP contribution in [0.1, 0.15) is 34.3 Å². The Morgan fingerprint density at radius 3 is 1.80 bits per heavy atom. The van der Waals surface area contributed by atoms with Crippen molar-refractivity contribution < 1.29 is 47.0 Å². The fourth-order valence-electron chi connectivity index (χ4n) is 5.92. The number of carboxylic acid groups (broad SMARTS) is 1. The second kappa shape index (κ2) is 13.6. The highest BCUT2D eigenvalue weighted by Crippen LogP contribution is 2.38. The van der Waals surface area contributed by atoms with Crippen molar-refractivity contribution in [2.45, 2.75) is 30.7 Å². The monoisotopic (exact) mass is 612 g/mol. The standard InChI is InChI=1S/C31H35N2O4.C2HF3O2/c1-32(29(34)25-11-5-2-6-12-25)19-22-33-20-17-24(18-21-33)28(23-33)37-30(35)31(36,26-13-7-3-8-14-26)27-15-9-4-10-16-27;3-2(4,5)1(6)7/h2-16,24,28,36H,17-23H2,1H3;(H,6,7)/q+1;/p-1/t24?,28-,33?;/m0./s1. The van der Waals surface area contributed by atoms with Gasteiger partial charge in [-0.25, -0.2) is 4.79 Å². The summed E-state index contributed by atoms with van der Waals surface area (Å²) in [5.41, 5.74) is -0.188. The SMILES string of the molecule is CN(CC[N+]12CCC(CC1)[C@@H](OC(=O)C(O)(c1ccccc1)c1ccccc1)C2)C(=O)c1ccccc1.O=C([O-])C(F)(F)F. The minimum absolute atomic E-state index is 0.0180. The van der Waals surface area contributed by atoms with Gasteiger partial charge in [0.15, 0.2) is 6.10 Å². The van der Waals surface area contributed by atoms with E-state index in [1.54, 1.807) is 29.2 Å². The van der Waals surface area contributed by atoms with Gasteiger partial charge in [0.25, 0.3) is 5.91 Å². The molecule has 3 saturated heterocycles. The number of carbonyl (C=O) groups excluding carboxylic acids is 3. The Labute approximate surface area is 253 Å². The number of hydrogen-bond donors (Lipinski definition) is 1. The molecule has 2 bridgehead atoms. The van der Waals surface area contributed by atoms with Crippen LogP contribution in [0, 0.1) is 5.92 Å². The lowest BCUT2D eigenvalue weighted by Crippen LogP contribution is -2.66. The highest BCUT2D eigenvalue weighted by Gasteiger charge is 2.50. The number of ether oxygens (including phenoxy) is 1. The second-order valence-electron chi connectivity index (χ2n) is 11.3. The van der Waals surface area contributed by atoms with E-state index in [1.807, 2.05) is 73.8 Å². The second-order valence-corrected chi connectivity index (χ2v) is 11.3.